The van der Waals surface area contributed by atoms with Gasteiger partial charge in [0.2, 0.25) is 0 Å². The highest BCUT2D eigenvalue weighted by molar-refractivity contribution is 5.80. The number of carbonyl (C=O) groups is 1. The molecule has 0 spiro atoms. The molecule has 0 radical (unpaired) electrons. The highest BCUT2D eigenvalue weighted by atomic mass is 16.1. The molecule has 2 fully saturated rings. The number of hydrogen-bond acceptors (Lipinski definition) is 1. The van der Waals surface area contributed by atoms with Crippen LogP contribution >= 0.6 is 0 Å². The topological polar surface area (TPSA) is 17.1 Å². The van der Waals surface area contributed by atoms with Gasteiger partial charge >= 0.3 is 0 Å². The summed E-state index contributed by atoms with van der Waals surface area (Å²) in [6.07, 6.45) is 14.6. The van der Waals surface area contributed by atoms with Crippen molar-refractivity contribution < 1.29 is 4.79 Å². The molecule has 2 aliphatic carbocycles. The molecule has 2 atom stereocenters. The van der Waals surface area contributed by atoms with Crippen LogP contribution in [0.3, 0.4) is 0 Å². The van der Waals surface area contributed by atoms with E-state index in [1.807, 2.05) is 0 Å². The zero-order valence-electron chi connectivity index (χ0n) is 22.2. The van der Waals surface area contributed by atoms with Crippen molar-refractivity contribution in [1.82, 2.24) is 0 Å². The average molecular weight is 459 g/mol. The maximum Gasteiger partial charge on any atom is 0.134 e. The van der Waals surface area contributed by atoms with E-state index in [9.17, 15) is 4.79 Å². The SMILES string of the molecule is Cc1ccc(C(CC(=O)CC(c2ccc(C)c(C)c2)C2CCCCC2)C2CCCCC2)cc1C. The van der Waals surface area contributed by atoms with Gasteiger partial charge in [-0.25, -0.2) is 0 Å². The number of Topliss-reactive ketones (excluding diaryl/α,β-unsaturated/α-hetero) is 1. The van der Waals surface area contributed by atoms with Crippen LogP contribution in [-0.2, 0) is 4.79 Å². The average Bonchev–Trinajstić information content (AvgIpc) is 2.86. The number of hydrogen-bond donors (Lipinski definition) is 0. The van der Waals surface area contributed by atoms with Crippen molar-refractivity contribution in [2.75, 3.05) is 0 Å². The van der Waals surface area contributed by atoms with Gasteiger partial charge in [0, 0.05) is 12.8 Å². The first-order valence-corrected chi connectivity index (χ1v) is 14.1. The van der Waals surface area contributed by atoms with Crippen LogP contribution < -0.4 is 0 Å². The molecule has 1 nitrogen and oxygen atoms in total. The van der Waals surface area contributed by atoms with E-state index < -0.39 is 0 Å². The highest BCUT2D eigenvalue weighted by Gasteiger charge is 2.31. The Labute approximate surface area is 208 Å². The van der Waals surface area contributed by atoms with Gasteiger partial charge in [-0.1, -0.05) is 74.9 Å². The van der Waals surface area contributed by atoms with Gasteiger partial charge < -0.3 is 0 Å². The maximum atomic E-state index is 13.8. The van der Waals surface area contributed by atoms with Crippen LogP contribution in [0.25, 0.3) is 0 Å². The van der Waals surface area contributed by atoms with E-state index in [0.29, 0.717) is 29.5 Å². The lowest BCUT2D eigenvalue weighted by Crippen LogP contribution is -2.23. The molecule has 34 heavy (non-hydrogen) atoms. The summed E-state index contributed by atoms with van der Waals surface area (Å²) < 4.78 is 0. The second-order valence-electron chi connectivity index (χ2n) is 11.6. The van der Waals surface area contributed by atoms with Crippen molar-refractivity contribution in [3.8, 4) is 0 Å². The van der Waals surface area contributed by atoms with E-state index in [2.05, 4.69) is 64.1 Å². The summed E-state index contributed by atoms with van der Waals surface area (Å²) in [7, 11) is 0. The molecule has 4 rings (SSSR count). The lowest BCUT2D eigenvalue weighted by atomic mass is 9.71. The molecule has 184 valence electrons. The first-order valence-electron chi connectivity index (χ1n) is 14.1. The molecule has 0 N–H and O–H groups in total. The summed E-state index contributed by atoms with van der Waals surface area (Å²) in [6, 6.07) is 13.9. The van der Waals surface area contributed by atoms with Crippen molar-refractivity contribution >= 4 is 5.78 Å². The summed E-state index contributed by atoms with van der Waals surface area (Å²) in [5, 5.41) is 0. The second-order valence-corrected chi connectivity index (χ2v) is 11.6. The molecule has 2 aromatic carbocycles. The summed E-state index contributed by atoms with van der Waals surface area (Å²) >= 11 is 0. The minimum atomic E-state index is 0.388. The van der Waals surface area contributed by atoms with E-state index >= 15 is 0 Å². The Kier molecular flexibility index (Phi) is 8.67. The highest BCUT2D eigenvalue weighted by Crippen LogP contribution is 2.42. The molecule has 2 saturated carbocycles. The fourth-order valence-corrected chi connectivity index (χ4v) is 6.75. The Morgan fingerprint density at radius 1 is 0.618 bits per heavy atom. The smallest absolute Gasteiger partial charge is 0.134 e. The van der Waals surface area contributed by atoms with Crippen LogP contribution in [0.1, 0.15) is 122 Å². The van der Waals surface area contributed by atoms with E-state index in [4.69, 9.17) is 0 Å². The standard InChI is InChI=1S/C33H46O/c1-23-15-17-29(19-25(23)3)32(27-11-7-5-8-12-27)21-31(34)22-33(28-13-9-6-10-14-28)30-18-16-24(2)26(4)20-30/h15-20,27-28,32-33H,5-14,21-22H2,1-4H3. The monoisotopic (exact) mass is 458 g/mol. The zero-order chi connectivity index (χ0) is 24.1. The van der Waals surface area contributed by atoms with Gasteiger partial charge in [-0.3, -0.25) is 4.79 Å². The van der Waals surface area contributed by atoms with E-state index in [1.165, 1.54) is 97.6 Å². The molecule has 2 aromatic rings. The van der Waals surface area contributed by atoms with Gasteiger partial charge in [-0.15, -0.1) is 0 Å². The molecule has 2 aliphatic rings. The molecule has 0 heterocycles. The molecular weight excluding hydrogens is 412 g/mol. The quantitative estimate of drug-likeness (QED) is 0.385. The van der Waals surface area contributed by atoms with Crippen LogP contribution in [0.2, 0.25) is 0 Å². The van der Waals surface area contributed by atoms with Gasteiger partial charge in [0.15, 0.2) is 0 Å². The summed E-state index contributed by atoms with van der Waals surface area (Å²) in [5.41, 5.74) is 8.24. The molecule has 0 aliphatic heterocycles. The first kappa shape index (κ1) is 25.2. The molecule has 0 bridgehead atoms. The van der Waals surface area contributed by atoms with Gasteiger partial charge in [0.05, 0.1) is 0 Å². The van der Waals surface area contributed by atoms with Crippen molar-refractivity contribution in [3.63, 3.8) is 0 Å². The lowest BCUT2D eigenvalue weighted by molar-refractivity contribution is -0.120. The lowest BCUT2D eigenvalue weighted by Gasteiger charge is -2.33. The van der Waals surface area contributed by atoms with E-state index in [0.717, 1.165) is 12.8 Å². The fourth-order valence-electron chi connectivity index (χ4n) is 6.75. The summed E-state index contributed by atoms with van der Waals surface area (Å²) in [5.74, 6) is 2.59. The predicted molar refractivity (Wildman–Crippen MR) is 145 cm³/mol. The summed E-state index contributed by atoms with van der Waals surface area (Å²) in [4.78, 5) is 13.8. The van der Waals surface area contributed by atoms with Crippen LogP contribution in [0, 0.1) is 39.5 Å². The summed E-state index contributed by atoms with van der Waals surface area (Å²) in [6.45, 7) is 8.82. The molecule has 0 saturated heterocycles. The minimum absolute atomic E-state index is 0.388. The van der Waals surface area contributed by atoms with Gasteiger partial charge in [0.25, 0.3) is 0 Å². The van der Waals surface area contributed by atoms with Crippen molar-refractivity contribution in [1.29, 1.82) is 0 Å². The Morgan fingerprint density at radius 3 is 1.35 bits per heavy atom. The largest absolute Gasteiger partial charge is 0.300 e. The van der Waals surface area contributed by atoms with Gasteiger partial charge in [0.1, 0.15) is 5.78 Å². The third-order valence-electron chi connectivity index (χ3n) is 9.25. The van der Waals surface area contributed by atoms with Crippen LogP contribution in [-0.4, -0.2) is 5.78 Å². The molecular formula is C33H46O. The molecule has 2 unspecified atom stereocenters. The molecule has 1 heteroatoms. The molecule has 0 amide bonds. The third-order valence-corrected chi connectivity index (χ3v) is 9.25. The first-order chi connectivity index (χ1) is 16.4. The Bertz CT molecular complexity index is 881. The number of ketones is 1. The number of benzene rings is 2. The number of carbonyl (C=O) groups excluding carboxylic acids is 1. The maximum absolute atomic E-state index is 13.8. The number of rotatable bonds is 8. The van der Waals surface area contributed by atoms with Crippen LogP contribution in [0.15, 0.2) is 36.4 Å². The van der Waals surface area contributed by atoms with Crippen molar-refractivity contribution in [2.45, 2.75) is 117 Å². The Hall–Kier alpha value is -1.89. The predicted octanol–water partition coefficient (Wildman–Crippen LogP) is 9.30. The van der Waals surface area contributed by atoms with Gasteiger partial charge in [-0.2, -0.15) is 0 Å². The van der Waals surface area contributed by atoms with Crippen LogP contribution in [0.4, 0.5) is 0 Å². The fraction of sp³-hybridized carbons (Fsp3) is 0.606. The van der Waals surface area contributed by atoms with Gasteiger partial charge in [-0.05, 0) is 110 Å². The van der Waals surface area contributed by atoms with Crippen molar-refractivity contribution in [2.24, 2.45) is 11.8 Å². The third kappa shape index (κ3) is 6.21. The zero-order valence-corrected chi connectivity index (χ0v) is 22.2. The van der Waals surface area contributed by atoms with Crippen LogP contribution in [0.5, 0.6) is 0 Å². The number of aryl methyl sites for hydroxylation is 4. The second kappa shape index (κ2) is 11.7. The Morgan fingerprint density at radius 2 is 1.00 bits per heavy atom. The van der Waals surface area contributed by atoms with E-state index in [1.54, 1.807) is 0 Å². The normalized spacial score (nSPS) is 19.6. The Balaban J connectivity index is 1.56. The minimum Gasteiger partial charge on any atom is -0.300 e. The molecule has 0 aromatic heterocycles. The van der Waals surface area contributed by atoms with E-state index in [-0.39, 0.29) is 0 Å². The van der Waals surface area contributed by atoms with Crippen molar-refractivity contribution in [3.05, 3.63) is 69.8 Å².